The lowest BCUT2D eigenvalue weighted by molar-refractivity contribution is -0.130. The van der Waals surface area contributed by atoms with Crippen LogP contribution >= 0.6 is 15.9 Å². The van der Waals surface area contributed by atoms with Crippen LogP contribution < -0.4 is 0 Å². The molecular formula is C19H13BrF3N3O2. The second-order valence-corrected chi connectivity index (χ2v) is 7.22. The maximum atomic E-state index is 14.0. The molecule has 4 rings (SSSR count). The smallest absolute Gasteiger partial charge is 0.249 e. The van der Waals surface area contributed by atoms with Gasteiger partial charge in [0.2, 0.25) is 17.6 Å². The van der Waals surface area contributed by atoms with Crippen molar-refractivity contribution in [3.05, 3.63) is 69.8 Å². The predicted octanol–water partition coefficient (Wildman–Crippen LogP) is 4.78. The van der Waals surface area contributed by atoms with Crippen LogP contribution in [0.3, 0.4) is 0 Å². The van der Waals surface area contributed by atoms with E-state index in [1.54, 1.807) is 0 Å². The first-order chi connectivity index (χ1) is 13.4. The molecule has 0 saturated carbocycles. The summed E-state index contributed by atoms with van der Waals surface area (Å²) in [6.45, 7) is -0.234. The molecule has 3 aromatic rings. The lowest BCUT2D eigenvalue weighted by atomic mass is 10.1. The number of amides is 1. The Labute approximate surface area is 166 Å². The van der Waals surface area contributed by atoms with Gasteiger partial charge in [-0.3, -0.25) is 4.79 Å². The molecule has 1 unspecified atom stereocenters. The van der Waals surface area contributed by atoms with Crippen LogP contribution in [0, 0.1) is 17.5 Å². The van der Waals surface area contributed by atoms with E-state index in [1.165, 1.54) is 29.2 Å². The Hall–Kier alpha value is -2.68. The minimum Gasteiger partial charge on any atom is -0.337 e. The number of likely N-dealkylation sites (tertiary alicyclic amines) is 1. The van der Waals surface area contributed by atoms with Gasteiger partial charge >= 0.3 is 0 Å². The average molecular weight is 452 g/mol. The van der Waals surface area contributed by atoms with Crippen molar-refractivity contribution in [1.82, 2.24) is 15.0 Å². The van der Waals surface area contributed by atoms with Crippen molar-refractivity contribution in [2.75, 3.05) is 0 Å². The Bertz CT molecular complexity index is 1040. The molecular weight excluding hydrogens is 439 g/mol. The fraction of sp³-hybridized carbons (Fsp3) is 0.211. The first-order valence-corrected chi connectivity index (χ1v) is 9.24. The second-order valence-electron chi connectivity index (χ2n) is 6.36. The van der Waals surface area contributed by atoms with Gasteiger partial charge in [0, 0.05) is 17.5 Å². The summed E-state index contributed by atoms with van der Waals surface area (Å²) in [5.74, 6) is -1.73. The fourth-order valence-corrected chi connectivity index (χ4v) is 3.54. The molecule has 1 aromatic heterocycles. The van der Waals surface area contributed by atoms with E-state index in [1.807, 2.05) is 0 Å². The van der Waals surface area contributed by atoms with Crippen molar-refractivity contribution < 1.29 is 22.5 Å². The third-order valence-corrected chi connectivity index (χ3v) is 5.23. The molecule has 0 aliphatic carbocycles. The molecule has 2 aromatic carbocycles. The lowest BCUT2D eigenvalue weighted by Crippen LogP contribution is -2.28. The molecule has 1 saturated heterocycles. The standard InChI is InChI=1S/C19H13BrF3N3O2/c20-12-8-10(4-5-15(12)23)18-24-19(28-25-18)16-6-7-17(27)26(16)9-11-13(21)2-1-3-14(11)22/h1-5,8,16H,6-7,9H2. The van der Waals surface area contributed by atoms with Crippen LogP contribution in [-0.2, 0) is 11.3 Å². The Morgan fingerprint density at radius 3 is 2.61 bits per heavy atom. The highest BCUT2D eigenvalue weighted by Crippen LogP contribution is 2.35. The second kappa shape index (κ2) is 7.38. The summed E-state index contributed by atoms with van der Waals surface area (Å²) >= 11 is 3.10. The summed E-state index contributed by atoms with van der Waals surface area (Å²) in [6, 6.07) is 7.24. The Kier molecular flexibility index (Phi) is 4.92. The van der Waals surface area contributed by atoms with Gasteiger partial charge in [0.05, 0.1) is 11.0 Å². The summed E-state index contributed by atoms with van der Waals surface area (Å²) in [7, 11) is 0. The number of nitrogens with zero attached hydrogens (tertiary/aromatic N) is 3. The van der Waals surface area contributed by atoms with E-state index in [9.17, 15) is 18.0 Å². The molecule has 0 N–H and O–H groups in total. The van der Waals surface area contributed by atoms with Crippen LogP contribution in [0.1, 0.15) is 30.3 Å². The van der Waals surface area contributed by atoms with Gasteiger partial charge in [-0.05, 0) is 52.7 Å². The summed E-state index contributed by atoms with van der Waals surface area (Å²) in [6.07, 6.45) is 0.601. The van der Waals surface area contributed by atoms with E-state index in [2.05, 4.69) is 26.1 Å². The van der Waals surface area contributed by atoms with E-state index in [0.717, 1.165) is 12.1 Å². The average Bonchev–Trinajstić information content (AvgIpc) is 3.28. The van der Waals surface area contributed by atoms with Gasteiger partial charge in [0.15, 0.2) is 0 Å². The number of carbonyl (C=O) groups is 1. The van der Waals surface area contributed by atoms with Crippen LogP contribution in [0.5, 0.6) is 0 Å². The Morgan fingerprint density at radius 2 is 1.89 bits per heavy atom. The van der Waals surface area contributed by atoms with Gasteiger partial charge in [-0.1, -0.05) is 11.2 Å². The van der Waals surface area contributed by atoms with E-state index < -0.39 is 23.5 Å². The fourth-order valence-electron chi connectivity index (χ4n) is 3.17. The molecule has 5 nitrogen and oxygen atoms in total. The number of benzene rings is 2. The van der Waals surface area contributed by atoms with E-state index in [-0.39, 0.29) is 40.6 Å². The minimum absolute atomic E-state index is 0.165. The summed E-state index contributed by atoms with van der Waals surface area (Å²) in [5.41, 5.74) is 0.337. The molecule has 1 amide bonds. The lowest BCUT2D eigenvalue weighted by Gasteiger charge is -2.22. The number of hydrogen-bond donors (Lipinski definition) is 0. The molecule has 0 spiro atoms. The third-order valence-electron chi connectivity index (χ3n) is 4.62. The van der Waals surface area contributed by atoms with Crippen molar-refractivity contribution in [3.63, 3.8) is 0 Å². The highest BCUT2D eigenvalue weighted by molar-refractivity contribution is 9.10. The monoisotopic (exact) mass is 451 g/mol. The number of hydrogen-bond acceptors (Lipinski definition) is 4. The zero-order valence-corrected chi connectivity index (χ0v) is 15.9. The van der Waals surface area contributed by atoms with Crippen molar-refractivity contribution in [3.8, 4) is 11.4 Å². The maximum Gasteiger partial charge on any atom is 0.249 e. The molecule has 9 heteroatoms. The molecule has 28 heavy (non-hydrogen) atoms. The number of halogens is 4. The van der Waals surface area contributed by atoms with E-state index in [0.29, 0.717) is 12.0 Å². The molecule has 1 atom stereocenters. The Balaban J connectivity index is 1.62. The van der Waals surface area contributed by atoms with Crippen LogP contribution in [0.25, 0.3) is 11.4 Å². The summed E-state index contributed by atoms with van der Waals surface area (Å²) < 4.78 is 47.0. The highest BCUT2D eigenvalue weighted by atomic mass is 79.9. The molecule has 1 aliphatic heterocycles. The maximum absolute atomic E-state index is 14.0. The number of carbonyl (C=O) groups excluding carboxylic acids is 1. The predicted molar refractivity (Wildman–Crippen MR) is 96.3 cm³/mol. The van der Waals surface area contributed by atoms with Crippen molar-refractivity contribution in [2.45, 2.75) is 25.4 Å². The number of aromatic nitrogens is 2. The molecule has 1 aliphatic rings. The van der Waals surface area contributed by atoms with Crippen LogP contribution in [-0.4, -0.2) is 20.9 Å². The molecule has 2 heterocycles. The highest BCUT2D eigenvalue weighted by Gasteiger charge is 2.37. The SMILES string of the molecule is O=C1CCC(c2nc(-c3ccc(F)c(Br)c3)no2)N1Cc1c(F)cccc1F. The third kappa shape index (κ3) is 3.42. The van der Waals surface area contributed by atoms with Gasteiger partial charge in [-0.25, -0.2) is 13.2 Å². The van der Waals surface area contributed by atoms with Crippen LogP contribution in [0.2, 0.25) is 0 Å². The summed E-state index contributed by atoms with van der Waals surface area (Å²) in [5, 5.41) is 3.89. The first-order valence-electron chi connectivity index (χ1n) is 8.45. The molecule has 0 bridgehead atoms. The van der Waals surface area contributed by atoms with E-state index >= 15 is 0 Å². The van der Waals surface area contributed by atoms with Gasteiger partial charge in [-0.15, -0.1) is 0 Å². The zero-order valence-electron chi connectivity index (χ0n) is 14.3. The topological polar surface area (TPSA) is 59.2 Å². The van der Waals surface area contributed by atoms with Crippen molar-refractivity contribution in [1.29, 1.82) is 0 Å². The van der Waals surface area contributed by atoms with Gasteiger partial charge in [0.25, 0.3) is 0 Å². The minimum atomic E-state index is -0.721. The van der Waals surface area contributed by atoms with Crippen LogP contribution in [0.4, 0.5) is 13.2 Å². The summed E-state index contributed by atoms with van der Waals surface area (Å²) in [4.78, 5) is 17.9. The Morgan fingerprint density at radius 1 is 1.14 bits per heavy atom. The van der Waals surface area contributed by atoms with Crippen molar-refractivity contribution >= 4 is 21.8 Å². The van der Waals surface area contributed by atoms with Crippen molar-refractivity contribution in [2.24, 2.45) is 0 Å². The normalized spacial score (nSPS) is 16.8. The zero-order chi connectivity index (χ0) is 19.8. The van der Waals surface area contributed by atoms with Gasteiger partial charge < -0.3 is 9.42 Å². The van der Waals surface area contributed by atoms with Crippen LogP contribution in [0.15, 0.2) is 45.4 Å². The largest absolute Gasteiger partial charge is 0.337 e. The van der Waals surface area contributed by atoms with Gasteiger partial charge in [-0.2, -0.15) is 4.98 Å². The van der Waals surface area contributed by atoms with Gasteiger partial charge in [0.1, 0.15) is 23.5 Å². The van der Waals surface area contributed by atoms with E-state index in [4.69, 9.17) is 4.52 Å². The molecule has 0 radical (unpaired) electrons. The molecule has 144 valence electrons. The quantitative estimate of drug-likeness (QED) is 0.572. The molecule has 1 fully saturated rings. The number of rotatable bonds is 4. The first kappa shape index (κ1) is 18.7.